The normalized spacial score (nSPS) is 12.5. The van der Waals surface area contributed by atoms with E-state index in [0.29, 0.717) is 5.02 Å². The van der Waals surface area contributed by atoms with Gasteiger partial charge in [0.2, 0.25) is 0 Å². The number of hydrogen-bond acceptors (Lipinski definition) is 1. The van der Waals surface area contributed by atoms with Crippen LogP contribution in [0.4, 0.5) is 8.78 Å². The van der Waals surface area contributed by atoms with E-state index in [1.54, 1.807) is 19.2 Å². The highest BCUT2D eigenvalue weighted by molar-refractivity contribution is 6.30. The van der Waals surface area contributed by atoms with Gasteiger partial charge in [-0.1, -0.05) is 17.7 Å². The van der Waals surface area contributed by atoms with Crippen LogP contribution in [0.1, 0.15) is 22.7 Å². The van der Waals surface area contributed by atoms with Gasteiger partial charge in [0.05, 0.1) is 6.04 Å². The Labute approximate surface area is 116 Å². The summed E-state index contributed by atoms with van der Waals surface area (Å²) in [6.45, 7) is 1.89. The molecule has 0 fully saturated rings. The summed E-state index contributed by atoms with van der Waals surface area (Å²) in [6.07, 6.45) is 0. The van der Waals surface area contributed by atoms with Crippen molar-refractivity contribution in [3.05, 3.63) is 69.7 Å². The molecule has 19 heavy (non-hydrogen) atoms. The van der Waals surface area contributed by atoms with E-state index in [-0.39, 0.29) is 5.56 Å². The predicted molar refractivity (Wildman–Crippen MR) is 73.4 cm³/mol. The second-order valence-electron chi connectivity index (χ2n) is 4.39. The first-order chi connectivity index (χ1) is 9.02. The minimum atomic E-state index is -0.455. The van der Waals surface area contributed by atoms with Crippen LogP contribution in [0, 0.1) is 18.6 Å². The lowest BCUT2D eigenvalue weighted by molar-refractivity contribution is 0.557. The van der Waals surface area contributed by atoms with Gasteiger partial charge in [0.15, 0.2) is 0 Å². The van der Waals surface area contributed by atoms with Crippen LogP contribution in [0.15, 0.2) is 36.4 Å². The molecule has 0 aromatic heterocycles. The third kappa shape index (κ3) is 2.94. The highest BCUT2D eigenvalue weighted by atomic mass is 35.5. The summed E-state index contributed by atoms with van der Waals surface area (Å²) >= 11 is 5.91. The third-order valence-electron chi connectivity index (χ3n) is 3.10. The topological polar surface area (TPSA) is 12.0 Å². The van der Waals surface area contributed by atoms with Crippen LogP contribution in [0.25, 0.3) is 0 Å². The summed E-state index contributed by atoms with van der Waals surface area (Å²) in [7, 11) is 1.71. The molecule has 1 nitrogen and oxygen atoms in total. The highest BCUT2D eigenvalue weighted by Gasteiger charge is 2.18. The van der Waals surface area contributed by atoms with E-state index < -0.39 is 17.7 Å². The van der Waals surface area contributed by atoms with Gasteiger partial charge in [-0.2, -0.15) is 0 Å². The number of halogens is 3. The first kappa shape index (κ1) is 14.0. The Hall–Kier alpha value is -1.45. The van der Waals surface area contributed by atoms with E-state index in [1.165, 1.54) is 6.07 Å². The fourth-order valence-corrected chi connectivity index (χ4v) is 2.40. The van der Waals surface area contributed by atoms with E-state index >= 15 is 0 Å². The summed E-state index contributed by atoms with van der Waals surface area (Å²) in [5.41, 5.74) is 2.08. The highest BCUT2D eigenvalue weighted by Crippen LogP contribution is 2.28. The number of hydrogen-bond donors (Lipinski definition) is 1. The van der Waals surface area contributed by atoms with Crippen molar-refractivity contribution >= 4 is 11.6 Å². The van der Waals surface area contributed by atoms with E-state index in [9.17, 15) is 8.78 Å². The van der Waals surface area contributed by atoms with Gasteiger partial charge in [-0.05, 0) is 55.4 Å². The van der Waals surface area contributed by atoms with Crippen molar-refractivity contribution in [1.29, 1.82) is 0 Å². The Balaban J connectivity index is 2.52. The van der Waals surface area contributed by atoms with Gasteiger partial charge >= 0.3 is 0 Å². The number of rotatable bonds is 3. The van der Waals surface area contributed by atoms with Crippen molar-refractivity contribution in [2.45, 2.75) is 13.0 Å². The molecule has 100 valence electrons. The van der Waals surface area contributed by atoms with E-state index in [4.69, 9.17) is 11.6 Å². The van der Waals surface area contributed by atoms with Crippen LogP contribution in [0.2, 0.25) is 5.02 Å². The fourth-order valence-electron chi connectivity index (χ4n) is 2.18. The molecule has 1 unspecified atom stereocenters. The summed E-state index contributed by atoms with van der Waals surface area (Å²) in [5, 5.41) is 3.63. The van der Waals surface area contributed by atoms with Gasteiger partial charge in [0, 0.05) is 10.6 Å². The van der Waals surface area contributed by atoms with Crippen molar-refractivity contribution in [2.75, 3.05) is 7.05 Å². The molecule has 0 bridgehead atoms. The molecule has 0 aliphatic carbocycles. The second-order valence-corrected chi connectivity index (χ2v) is 4.82. The van der Waals surface area contributed by atoms with Crippen LogP contribution in [0.5, 0.6) is 0 Å². The Kier molecular flexibility index (Phi) is 4.17. The Bertz CT molecular complexity index is 599. The predicted octanol–water partition coefficient (Wildman–Crippen LogP) is 4.24. The number of benzene rings is 2. The first-order valence-corrected chi connectivity index (χ1v) is 6.29. The zero-order valence-electron chi connectivity index (χ0n) is 10.7. The first-order valence-electron chi connectivity index (χ1n) is 5.91. The molecule has 2 rings (SSSR count). The molecule has 2 aromatic rings. The van der Waals surface area contributed by atoms with Gasteiger partial charge in [-0.25, -0.2) is 8.78 Å². The van der Waals surface area contributed by atoms with Gasteiger partial charge in [-0.3, -0.25) is 0 Å². The van der Waals surface area contributed by atoms with Gasteiger partial charge < -0.3 is 5.32 Å². The maximum absolute atomic E-state index is 13.9. The van der Waals surface area contributed by atoms with Crippen molar-refractivity contribution < 1.29 is 8.78 Å². The monoisotopic (exact) mass is 281 g/mol. The molecule has 0 heterocycles. The van der Waals surface area contributed by atoms with Crippen LogP contribution in [-0.2, 0) is 0 Å². The Morgan fingerprint density at radius 2 is 1.79 bits per heavy atom. The van der Waals surface area contributed by atoms with Crippen LogP contribution in [0.3, 0.4) is 0 Å². The molecule has 0 aliphatic heterocycles. The molecule has 0 saturated heterocycles. The van der Waals surface area contributed by atoms with Crippen molar-refractivity contribution in [2.24, 2.45) is 0 Å². The van der Waals surface area contributed by atoms with E-state index in [1.807, 2.05) is 13.0 Å². The Morgan fingerprint density at radius 1 is 1.05 bits per heavy atom. The van der Waals surface area contributed by atoms with Crippen molar-refractivity contribution in [3.63, 3.8) is 0 Å². The Morgan fingerprint density at radius 3 is 2.42 bits per heavy atom. The zero-order chi connectivity index (χ0) is 14.0. The zero-order valence-corrected chi connectivity index (χ0v) is 11.4. The molecule has 0 aliphatic rings. The standard InChI is InChI=1S/C15H14ClF2N/c1-9-7-10(16)3-5-12(9)15(19-2)13-8-11(17)4-6-14(13)18/h3-8,15,19H,1-2H3. The molecule has 0 saturated carbocycles. The summed E-state index contributed by atoms with van der Waals surface area (Å²) < 4.78 is 27.2. The molecule has 1 N–H and O–H groups in total. The van der Waals surface area contributed by atoms with Crippen LogP contribution in [-0.4, -0.2) is 7.05 Å². The fraction of sp³-hybridized carbons (Fsp3) is 0.200. The quantitative estimate of drug-likeness (QED) is 0.887. The van der Waals surface area contributed by atoms with Crippen molar-refractivity contribution in [1.82, 2.24) is 5.32 Å². The second kappa shape index (κ2) is 5.68. The summed E-state index contributed by atoms with van der Waals surface area (Å²) in [4.78, 5) is 0. The minimum absolute atomic E-state index is 0.285. The lowest BCUT2D eigenvalue weighted by atomic mass is 9.94. The number of nitrogens with one attached hydrogen (secondary N) is 1. The maximum atomic E-state index is 13.9. The third-order valence-corrected chi connectivity index (χ3v) is 3.34. The molecular formula is C15H14ClF2N. The van der Waals surface area contributed by atoms with Gasteiger partial charge in [0.1, 0.15) is 11.6 Å². The molecular weight excluding hydrogens is 268 g/mol. The maximum Gasteiger partial charge on any atom is 0.128 e. The smallest absolute Gasteiger partial charge is 0.128 e. The summed E-state index contributed by atoms with van der Waals surface area (Å²) in [5.74, 6) is -0.890. The molecule has 1 atom stereocenters. The number of aryl methyl sites for hydroxylation is 1. The van der Waals surface area contributed by atoms with Crippen LogP contribution < -0.4 is 5.32 Å². The molecule has 0 amide bonds. The molecule has 2 aromatic carbocycles. The molecule has 4 heteroatoms. The molecule has 0 spiro atoms. The lowest BCUT2D eigenvalue weighted by Crippen LogP contribution is -2.20. The average molecular weight is 282 g/mol. The van der Waals surface area contributed by atoms with Gasteiger partial charge in [0.25, 0.3) is 0 Å². The minimum Gasteiger partial charge on any atom is -0.309 e. The van der Waals surface area contributed by atoms with E-state index in [2.05, 4.69) is 5.32 Å². The van der Waals surface area contributed by atoms with E-state index in [0.717, 1.165) is 23.3 Å². The largest absolute Gasteiger partial charge is 0.309 e. The lowest BCUT2D eigenvalue weighted by Gasteiger charge is -2.20. The molecule has 0 radical (unpaired) electrons. The average Bonchev–Trinajstić information content (AvgIpc) is 2.36. The SMILES string of the molecule is CNC(c1ccc(Cl)cc1C)c1cc(F)ccc1F. The van der Waals surface area contributed by atoms with Gasteiger partial charge in [-0.15, -0.1) is 0 Å². The van der Waals surface area contributed by atoms with Crippen LogP contribution >= 0.6 is 11.6 Å². The van der Waals surface area contributed by atoms with Crippen molar-refractivity contribution in [3.8, 4) is 0 Å². The summed E-state index contributed by atoms with van der Waals surface area (Å²) in [6, 6.07) is 8.42.